The van der Waals surface area contributed by atoms with Gasteiger partial charge >= 0.3 is 0 Å². The van der Waals surface area contributed by atoms with E-state index in [1.807, 2.05) is 25.1 Å². The van der Waals surface area contributed by atoms with Crippen molar-refractivity contribution in [3.05, 3.63) is 48.4 Å². The van der Waals surface area contributed by atoms with E-state index < -0.39 is 0 Å². The minimum atomic E-state index is 0.168. The average molecular weight is 197 g/mol. The van der Waals surface area contributed by atoms with Crippen LogP contribution in [0.25, 0.3) is 5.57 Å². The summed E-state index contributed by atoms with van der Waals surface area (Å²) in [6.07, 6.45) is 3.24. The summed E-state index contributed by atoms with van der Waals surface area (Å²) >= 11 is 0. The molecule has 0 N–H and O–H groups in total. The Bertz CT molecular complexity index is 464. The molecule has 0 amide bonds. The van der Waals surface area contributed by atoms with Crippen LogP contribution in [0.1, 0.15) is 11.3 Å². The second-order valence-electron chi connectivity index (χ2n) is 3.03. The predicted octanol–water partition coefficient (Wildman–Crippen LogP) is 2.51. The highest BCUT2D eigenvalue weighted by molar-refractivity contribution is 6.09. The molecule has 0 saturated carbocycles. The number of nitrogens with zero attached hydrogens (tertiary/aromatic N) is 3. The first kappa shape index (κ1) is 10.9. The molecule has 1 aromatic rings. The third-order valence-corrected chi connectivity index (χ3v) is 1.77. The Labute approximate surface area is 89.1 Å². The summed E-state index contributed by atoms with van der Waals surface area (Å²) in [5.74, 6) is 0. The molecule has 0 radical (unpaired) electrons. The van der Waals surface area contributed by atoms with Crippen LogP contribution in [0.5, 0.6) is 0 Å². The lowest BCUT2D eigenvalue weighted by atomic mass is 10.1. The molecule has 0 bridgehead atoms. The summed E-state index contributed by atoms with van der Waals surface area (Å²) in [4.78, 5) is 7.93. The summed E-state index contributed by atoms with van der Waals surface area (Å²) in [7, 11) is 0. The highest BCUT2D eigenvalue weighted by atomic mass is 14.7. The highest BCUT2D eigenvalue weighted by Crippen LogP contribution is 2.10. The van der Waals surface area contributed by atoms with Crippen LogP contribution >= 0.6 is 0 Å². The number of rotatable bonds is 3. The van der Waals surface area contributed by atoms with Gasteiger partial charge in [-0.15, -0.1) is 0 Å². The van der Waals surface area contributed by atoms with Crippen LogP contribution in [0.3, 0.4) is 0 Å². The number of aryl methyl sites for hydroxylation is 1. The molecule has 0 spiro atoms. The van der Waals surface area contributed by atoms with E-state index in [2.05, 4.69) is 23.1 Å². The van der Waals surface area contributed by atoms with Gasteiger partial charge in [-0.2, -0.15) is 5.26 Å². The van der Waals surface area contributed by atoms with E-state index >= 15 is 0 Å². The lowest BCUT2D eigenvalue weighted by Gasteiger charge is -1.99. The van der Waals surface area contributed by atoms with Crippen LogP contribution in [0.15, 0.2) is 42.2 Å². The van der Waals surface area contributed by atoms with Gasteiger partial charge in [-0.25, -0.2) is 4.99 Å². The fourth-order valence-corrected chi connectivity index (χ4v) is 1.00. The van der Waals surface area contributed by atoms with Crippen molar-refractivity contribution in [1.82, 2.24) is 4.98 Å². The van der Waals surface area contributed by atoms with E-state index in [1.54, 1.807) is 6.20 Å². The second kappa shape index (κ2) is 4.87. The molecule has 0 fully saturated rings. The maximum Gasteiger partial charge on any atom is 0.133 e. The minimum absolute atomic E-state index is 0.168. The van der Waals surface area contributed by atoms with Gasteiger partial charge in [-0.1, -0.05) is 13.2 Å². The number of hydrogen-bond donors (Lipinski definition) is 0. The van der Waals surface area contributed by atoms with Crippen molar-refractivity contribution >= 4 is 11.8 Å². The van der Waals surface area contributed by atoms with Crippen LogP contribution in [0, 0.1) is 18.3 Å². The van der Waals surface area contributed by atoms with Gasteiger partial charge in [0.1, 0.15) is 11.8 Å². The fraction of sp³-hybridized carbons (Fsp3) is 0.0833. The summed E-state index contributed by atoms with van der Waals surface area (Å²) < 4.78 is 0. The summed E-state index contributed by atoms with van der Waals surface area (Å²) in [6.45, 7) is 9.19. The molecule has 3 nitrogen and oxygen atoms in total. The van der Waals surface area contributed by atoms with Crippen molar-refractivity contribution in [1.29, 1.82) is 5.26 Å². The zero-order chi connectivity index (χ0) is 11.3. The lowest BCUT2D eigenvalue weighted by molar-refractivity contribution is 1.19. The van der Waals surface area contributed by atoms with Crippen LogP contribution < -0.4 is 0 Å². The Morgan fingerprint density at radius 1 is 1.60 bits per heavy atom. The van der Waals surface area contributed by atoms with Gasteiger partial charge in [-0.3, -0.25) is 4.98 Å². The molecular weight excluding hydrogens is 186 g/mol. The van der Waals surface area contributed by atoms with E-state index in [4.69, 9.17) is 5.26 Å². The number of aromatic nitrogens is 1. The van der Waals surface area contributed by atoms with Crippen molar-refractivity contribution in [2.24, 2.45) is 4.99 Å². The van der Waals surface area contributed by atoms with Crippen LogP contribution in [0.4, 0.5) is 0 Å². The molecule has 1 aromatic heterocycles. The first-order chi connectivity index (χ1) is 7.13. The maximum absolute atomic E-state index is 8.46. The number of nitriles is 1. The first-order valence-corrected chi connectivity index (χ1v) is 4.38. The highest BCUT2D eigenvalue weighted by Gasteiger charge is 1.96. The van der Waals surface area contributed by atoms with Gasteiger partial charge in [0.15, 0.2) is 0 Å². The largest absolute Gasteiger partial charge is 0.262 e. The molecular formula is C12H11N3. The topological polar surface area (TPSA) is 49.0 Å². The SMILES string of the molecule is C=C(C#N)N=CC(=C)c1ccnc(C)c1. The molecule has 0 aromatic carbocycles. The van der Waals surface area contributed by atoms with Crippen molar-refractivity contribution in [3.8, 4) is 6.07 Å². The molecule has 0 aliphatic heterocycles. The predicted molar refractivity (Wildman–Crippen MR) is 61.3 cm³/mol. The third kappa shape index (κ3) is 3.20. The average Bonchev–Trinajstić information content (AvgIpc) is 2.25. The Morgan fingerprint density at radius 2 is 2.33 bits per heavy atom. The zero-order valence-electron chi connectivity index (χ0n) is 8.57. The standard InChI is InChI=1S/C12H11N3/c1-9(8-15-11(3)7-13)12-4-5-14-10(2)6-12/h4-6,8H,1,3H2,2H3. The number of hydrogen-bond acceptors (Lipinski definition) is 3. The van der Waals surface area contributed by atoms with Crippen LogP contribution in [-0.4, -0.2) is 11.2 Å². The number of aliphatic imine (C=N–C) groups is 1. The van der Waals surface area contributed by atoms with Gasteiger partial charge in [0.25, 0.3) is 0 Å². The summed E-state index contributed by atoms with van der Waals surface area (Å²) in [5, 5.41) is 8.46. The molecule has 0 saturated heterocycles. The molecule has 0 unspecified atom stereocenters. The van der Waals surface area contributed by atoms with Crippen LogP contribution in [0.2, 0.25) is 0 Å². The lowest BCUT2D eigenvalue weighted by Crippen LogP contribution is -1.87. The van der Waals surface area contributed by atoms with Crippen molar-refractivity contribution in [2.75, 3.05) is 0 Å². The van der Waals surface area contributed by atoms with Gasteiger partial charge in [0.2, 0.25) is 0 Å². The van der Waals surface area contributed by atoms with E-state index in [1.165, 1.54) is 6.21 Å². The van der Waals surface area contributed by atoms with Crippen LogP contribution in [-0.2, 0) is 0 Å². The molecule has 1 rings (SSSR count). The molecule has 1 heterocycles. The minimum Gasteiger partial charge on any atom is -0.262 e. The fourth-order valence-electron chi connectivity index (χ4n) is 1.00. The van der Waals surface area contributed by atoms with Gasteiger partial charge in [0.05, 0.1) is 0 Å². The Hall–Kier alpha value is -2.21. The third-order valence-electron chi connectivity index (χ3n) is 1.77. The van der Waals surface area contributed by atoms with Gasteiger partial charge in [0, 0.05) is 18.1 Å². The summed E-state index contributed by atoms with van der Waals surface area (Å²) in [5.41, 5.74) is 2.76. The molecule has 74 valence electrons. The van der Waals surface area contributed by atoms with E-state index in [0.717, 1.165) is 16.8 Å². The van der Waals surface area contributed by atoms with Crippen molar-refractivity contribution in [3.63, 3.8) is 0 Å². The smallest absolute Gasteiger partial charge is 0.133 e. The molecule has 0 aliphatic rings. The van der Waals surface area contributed by atoms with Gasteiger partial charge in [-0.05, 0) is 30.2 Å². The van der Waals surface area contributed by atoms with E-state index in [-0.39, 0.29) is 5.70 Å². The number of pyridine rings is 1. The zero-order valence-corrected chi connectivity index (χ0v) is 8.57. The monoisotopic (exact) mass is 197 g/mol. The summed E-state index contributed by atoms with van der Waals surface area (Å²) in [6, 6.07) is 5.59. The molecule has 15 heavy (non-hydrogen) atoms. The van der Waals surface area contributed by atoms with Crippen molar-refractivity contribution < 1.29 is 0 Å². The van der Waals surface area contributed by atoms with E-state index in [0.29, 0.717) is 0 Å². The molecule has 3 heteroatoms. The Morgan fingerprint density at radius 3 is 2.93 bits per heavy atom. The maximum atomic E-state index is 8.46. The second-order valence-corrected chi connectivity index (χ2v) is 3.03. The normalized spacial score (nSPS) is 9.87. The molecule has 0 atom stereocenters. The first-order valence-electron chi connectivity index (χ1n) is 4.38. The number of allylic oxidation sites excluding steroid dienone is 2. The Balaban J connectivity index is 2.83. The van der Waals surface area contributed by atoms with Crippen molar-refractivity contribution in [2.45, 2.75) is 6.92 Å². The molecule has 0 aliphatic carbocycles. The quantitative estimate of drug-likeness (QED) is 0.552. The Kier molecular flexibility index (Phi) is 3.53. The van der Waals surface area contributed by atoms with Gasteiger partial charge < -0.3 is 0 Å². The van der Waals surface area contributed by atoms with E-state index in [9.17, 15) is 0 Å².